The zero-order chi connectivity index (χ0) is 10.1. The summed E-state index contributed by atoms with van der Waals surface area (Å²) in [4.78, 5) is 2.33. The molecule has 0 radical (unpaired) electrons. The van der Waals surface area contributed by atoms with Gasteiger partial charge in [0.1, 0.15) is 0 Å². The van der Waals surface area contributed by atoms with E-state index in [1.807, 2.05) is 0 Å². The highest BCUT2D eigenvalue weighted by molar-refractivity contribution is 5.10. The number of rotatable bonds is 1. The minimum Gasteiger partial charge on any atom is -0.376 e. The highest BCUT2D eigenvalue weighted by atomic mass is 16.5. The molecule has 2 atom stereocenters. The molecule has 0 aromatic rings. The average Bonchev–Trinajstić information content (AvgIpc) is 2.09. The van der Waals surface area contributed by atoms with Gasteiger partial charge in [-0.05, 0) is 27.7 Å². The van der Waals surface area contributed by atoms with Crippen LogP contribution in [0.3, 0.4) is 0 Å². The molecule has 0 saturated carbocycles. The van der Waals surface area contributed by atoms with Crippen LogP contribution in [-0.2, 0) is 4.74 Å². The fraction of sp³-hybridized carbons (Fsp3) is 0.818. The summed E-state index contributed by atoms with van der Waals surface area (Å²) in [5.41, 5.74) is -0.155. The van der Waals surface area contributed by atoms with Crippen molar-refractivity contribution in [3.8, 4) is 12.3 Å². The molecule has 0 bridgehead atoms. The molecule has 0 aliphatic carbocycles. The lowest BCUT2D eigenvalue weighted by Crippen LogP contribution is -2.56. The molecule has 1 saturated heterocycles. The van der Waals surface area contributed by atoms with Crippen molar-refractivity contribution in [1.29, 1.82) is 0 Å². The summed E-state index contributed by atoms with van der Waals surface area (Å²) < 4.78 is 5.55. The maximum atomic E-state index is 5.55. The molecule has 2 heteroatoms. The van der Waals surface area contributed by atoms with Crippen molar-refractivity contribution < 1.29 is 4.74 Å². The number of morpholine rings is 1. The molecule has 0 aromatic heterocycles. The number of ether oxygens (including phenoxy) is 1. The lowest BCUT2D eigenvalue weighted by Gasteiger charge is -2.44. The first kappa shape index (κ1) is 10.6. The first-order chi connectivity index (χ1) is 5.97. The van der Waals surface area contributed by atoms with E-state index in [2.05, 4.69) is 38.5 Å². The van der Waals surface area contributed by atoms with Gasteiger partial charge in [-0.2, -0.15) is 0 Å². The Morgan fingerprint density at radius 3 is 2.62 bits per heavy atom. The van der Waals surface area contributed by atoms with E-state index < -0.39 is 0 Å². The monoisotopic (exact) mass is 181 g/mol. The van der Waals surface area contributed by atoms with Crippen LogP contribution in [0.4, 0.5) is 0 Å². The third kappa shape index (κ3) is 2.24. The molecular weight excluding hydrogens is 162 g/mol. The molecule has 1 aliphatic heterocycles. The topological polar surface area (TPSA) is 12.5 Å². The highest BCUT2D eigenvalue weighted by Crippen LogP contribution is 2.21. The van der Waals surface area contributed by atoms with E-state index in [1.165, 1.54) is 0 Å². The van der Waals surface area contributed by atoms with E-state index in [-0.39, 0.29) is 5.54 Å². The second kappa shape index (κ2) is 3.69. The Kier molecular flexibility index (Phi) is 3.00. The van der Waals surface area contributed by atoms with Gasteiger partial charge in [-0.3, -0.25) is 4.90 Å². The largest absolute Gasteiger partial charge is 0.376 e. The van der Waals surface area contributed by atoms with Gasteiger partial charge in [-0.15, -0.1) is 6.42 Å². The highest BCUT2D eigenvalue weighted by Gasteiger charge is 2.33. The van der Waals surface area contributed by atoms with Crippen molar-refractivity contribution in [3.63, 3.8) is 0 Å². The van der Waals surface area contributed by atoms with Crippen LogP contribution in [0.5, 0.6) is 0 Å². The molecule has 1 fully saturated rings. The van der Waals surface area contributed by atoms with Gasteiger partial charge in [0.15, 0.2) is 0 Å². The SMILES string of the molecule is C#CC(C)(C)N1CC(C)OCC1C. The third-order valence-corrected chi connectivity index (χ3v) is 2.68. The Hall–Kier alpha value is -0.520. The van der Waals surface area contributed by atoms with Gasteiger partial charge in [0.05, 0.1) is 18.2 Å². The molecular formula is C11H19NO. The Morgan fingerprint density at radius 2 is 2.08 bits per heavy atom. The number of hydrogen-bond acceptors (Lipinski definition) is 2. The van der Waals surface area contributed by atoms with Crippen LogP contribution in [0.1, 0.15) is 27.7 Å². The maximum Gasteiger partial charge on any atom is 0.0770 e. The van der Waals surface area contributed by atoms with Gasteiger partial charge in [-0.1, -0.05) is 5.92 Å². The number of terminal acetylenes is 1. The van der Waals surface area contributed by atoms with Crippen molar-refractivity contribution in [2.45, 2.75) is 45.4 Å². The molecule has 2 unspecified atom stereocenters. The molecule has 2 nitrogen and oxygen atoms in total. The van der Waals surface area contributed by atoms with Crippen molar-refractivity contribution in [1.82, 2.24) is 4.90 Å². The molecule has 74 valence electrons. The van der Waals surface area contributed by atoms with Crippen LogP contribution < -0.4 is 0 Å². The van der Waals surface area contributed by atoms with Gasteiger partial charge in [0.25, 0.3) is 0 Å². The van der Waals surface area contributed by atoms with E-state index in [1.54, 1.807) is 0 Å². The summed E-state index contributed by atoms with van der Waals surface area (Å²) in [6.07, 6.45) is 5.81. The minimum atomic E-state index is -0.155. The van der Waals surface area contributed by atoms with Crippen molar-refractivity contribution in [2.75, 3.05) is 13.2 Å². The Balaban J connectivity index is 2.72. The molecule has 1 heterocycles. The second-order valence-electron chi connectivity index (χ2n) is 4.35. The summed E-state index contributed by atoms with van der Waals surface area (Å²) in [5, 5.41) is 0. The van der Waals surface area contributed by atoms with E-state index in [9.17, 15) is 0 Å². The summed E-state index contributed by atoms with van der Waals surface area (Å²) in [5.74, 6) is 2.83. The first-order valence-electron chi connectivity index (χ1n) is 4.83. The van der Waals surface area contributed by atoms with Gasteiger partial charge in [-0.25, -0.2) is 0 Å². The molecule has 0 spiro atoms. The first-order valence-corrected chi connectivity index (χ1v) is 4.83. The summed E-state index contributed by atoms with van der Waals surface area (Å²) in [6.45, 7) is 10.1. The van der Waals surface area contributed by atoms with Crippen LogP contribution in [0, 0.1) is 12.3 Å². The van der Waals surface area contributed by atoms with Crippen molar-refractivity contribution in [2.24, 2.45) is 0 Å². The zero-order valence-electron chi connectivity index (χ0n) is 9.00. The molecule has 0 N–H and O–H groups in total. The van der Waals surface area contributed by atoms with E-state index in [0.29, 0.717) is 12.1 Å². The fourth-order valence-corrected chi connectivity index (χ4v) is 1.77. The summed E-state index contributed by atoms with van der Waals surface area (Å²) >= 11 is 0. The van der Waals surface area contributed by atoms with Crippen LogP contribution in [0.15, 0.2) is 0 Å². The average molecular weight is 181 g/mol. The summed E-state index contributed by atoms with van der Waals surface area (Å²) in [6, 6.07) is 0.419. The zero-order valence-corrected chi connectivity index (χ0v) is 9.00. The molecule has 1 rings (SSSR count). The Bertz CT molecular complexity index is 217. The third-order valence-electron chi connectivity index (χ3n) is 2.68. The van der Waals surface area contributed by atoms with E-state index >= 15 is 0 Å². The Morgan fingerprint density at radius 1 is 1.46 bits per heavy atom. The summed E-state index contributed by atoms with van der Waals surface area (Å²) in [7, 11) is 0. The van der Waals surface area contributed by atoms with E-state index in [0.717, 1.165) is 13.2 Å². The second-order valence-corrected chi connectivity index (χ2v) is 4.35. The molecule has 0 aromatic carbocycles. The van der Waals surface area contributed by atoms with E-state index in [4.69, 9.17) is 11.2 Å². The van der Waals surface area contributed by atoms with Crippen LogP contribution >= 0.6 is 0 Å². The normalized spacial score (nSPS) is 31.3. The number of nitrogens with zero attached hydrogens (tertiary/aromatic N) is 1. The van der Waals surface area contributed by atoms with Crippen molar-refractivity contribution >= 4 is 0 Å². The Labute approximate surface area is 81.3 Å². The molecule has 13 heavy (non-hydrogen) atoms. The fourth-order valence-electron chi connectivity index (χ4n) is 1.77. The van der Waals surface area contributed by atoms with Crippen LogP contribution in [-0.4, -0.2) is 35.7 Å². The van der Waals surface area contributed by atoms with Crippen molar-refractivity contribution in [3.05, 3.63) is 0 Å². The van der Waals surface area contributed by atoms with Crippen LogP contribution in [0.2, 0.25) is 0 Å². The van der Waals surface area contributed by atoms with Gasteiger partial charge < -0.3 is 4.74 Å². The molecule has 1 aliphatic rings. The standard InChI is InChI=1S/C11H19NO/c1-6-11(4,5)12-7-10(3)13-8-9(12)2/h1,9-10H,7-8H2,2-5H3. The van der Waals surface area contributed by atoms with Gasteiger partial charge >= 0.3 is 0 Å². The number of hydrogen-bond donors (Lipinski definition) is 0. The lowest BCUT2D eigenvalue weighted by molar-refractivity contribution is -0.0734. The predicted molar refractivity (Wildman–Crippen MR) is 54.5 cm³/mol. The predicted octanol–water partition coefficient (Wildman–Crippen LogP) is 1.51. The maximum absolute atomic E-state index is 5.55. The van der Waals surface area contributed by atoms with Crippen LogP contribution in [0.25, 0.3) is 0 Å². The minimum absolute atomic E-state index is 0.155. The quantitative estimate of drug-likeness (QED) is 0.568. The molecule has 0 amide bonds. The smallest absolute Gasteiger partial charge is 0.0770 e. The van der Waals surface area contributed by atoms with Gasteiger partial charge in [0.2, 0.25) is 0 Å². The lowest BCUT2D eigenvalue weighted by atomic mass is 10.00. The van der Waals surface area contributed by atoms with Gasteiger partial charge in [0, 0.05) is 12.6 Å².